The predicted octanol–water partition coefficient (Wildman–Crippen LogP) is 1.69. The second-order valence-corrected chi connectivity index (χ2v) is 7.33. The van der Waals surface area contributed by atoms with Crippen molar-refractivity contribution in [1.29, 1.82) is 5.26 Å². The average Bonchev–Trinajstić information content (AvgIpc) is 3.44. The van der Waals surface area contributed by atoms with Gasteiger partial charge in [-0.05, 0) is 25.3 Å². The summed E-state index contributed by atoms with van der Waals surface area (Å²) in [5.74, 6) is 6.70. The Labute approximate surface area is 173 Å². The molecule has 3 aromatic heterocycles. The van der Waals surface area contributed by atoms with Gasteiger partial charge in [-0.25, -0.2) is 15.8 Å². The van der Waals surface area contributed by atoms with Crippen LogP contribution in [0.3, 0.4) is 0 Å². The van der Waals surface area contributed by atoms with Gasteiger partial charge in [-0.2, -0.15) is 15.0 Å². The SMILES string of the molecule is CCCN(N)/C=C(\N)c1cnc(-n2ncc3cc(C#N)c(N)nc32)cc1NC1CC1. The first-order valence-electron chi connectivity index (χ1n) is 9.80. The quantitative estimate of drug-likeness (QED) is 0.339. The molecule has 0 spiro atoms. The predicted molar refractivity (Wildman–Crippen MR) is 116 cm³/mol. The summed E-state index contributed by atoms with van der Waals surface area (Å²) in [4.78, 5) is 8.88. The van der Waals surface area contributed by atoms with E-state index >= 15 is 0 Å². The van der Waals surface area contributed by atoms with E-state index in [9.17, 15) is 0 Å². The van der Waals surface area contributed by atoms with E-state index in [2.05, 4.69) is 27.3 Å². The van der Waals surface area contributed by atoms with Gasteiger partial charge in [0.25, 0.3) is 0 Å². The Kier molecular flexibility index (Phi) is 5.12. The number of rotatable bonds is 7. The van der Waals surface area contributed by atoms with Crippen molar-refractivity contribution in [3.63, 3.8) is 0 Å². The summed E-state index contributed by atoms with van der Waals surface area (Å²) in [5, 5.41) is 19.3. The highest BCUT2D eigenvalue weighted by Gasteiger charge is 2.23. The van der Waals surface area contributed by atoms with Gasteiger partial charge in [0.05, 0.1) is 17.5 Å². The molecule has 7 N–H and O–H groups in total. The van der Waals surface area contributed by atoms with Crippen LogP contribution in [-0.4, -0.2) is 37.3 Å². The van der Waals surface area contributed by atoms with Crippen LogP contribution in [0.2, 0.25) is 0 Å². The molecule has 10 heteroatoms. The second kappa shape index (κ2) is 7.88. The van der Waals surface area contributed by atoms with Gasteiger partial charge in [0, 0.05) is 47.7 Å². The van der Waals surface area contributed by atoms with Crippen LogP contribution >= 0.6 is 0 Å². The molecule has 4 rings (SSSR count). The van der Waals surface area contributed by atoms with Crippen molar-refractivity contribution >= 4 is 28.2 Å². The third-order valence-corrected chi connectivity index (χ3v) is 4.83. The summed E-state index contributed by atoms with van der Waals surface area (Å²) >= 11 is 0. The number of fused-ring (bicyclic) bond motifs is 1. The Balaban J connectivity index is 1.76. The van der Waals surface area contributed by atoms with Crippen molar-refractivity contribution in [2.45, 2.75) is 32.2 Å². The summed E-state index contributed by atoms with van der Waals surface area (Å²) < 4.78 is 1.60. The Morgan fingerprint density at radius 1 is 1.40 bits per heavy atom. The van der Waals surface area contributed by atoms with E-state index < -0.39 is 0 Å². The number of hydrogen-bond acceptors (Lipinski definition) is 9. The lowest BCUT2D eigenvalue weighted by Gasteiger charge is -2.17. The molecule has 30 heavy (non-hydrogen) atoms. The maximum Gasteiger partial charge on any atom is 0.167 e. The number of pyridine rings is 2. The molecule has 0 unspecified atom stereocenters. The summed E-state index contributed by atoms with van der Waals surface area (Å²) in [6.07, 6.45) is 8.19. The number of nitrogens with zero attached hydrogens (tertiary/aromatic N) is 6. The minimum absolute atomic E-state index is 0.158. The van der Waals surface area contributed by atoms with Gasteiger partial charge in [0.1, 0.15) is 11.9 Å². The molecule has 1 aliphatic rings. The van der Waals surface area contributed by atoms with Crippen LogP contribution in [0.15, 0.2) is 30.7 Å². The smallest absolute Gasteiger partial charge is 0.167 e. The first-order valence-corrected chi connectivity index (χ1v) is 9.80. The molecular weight excluding hydrogens is 380 g/mol. The molecule has 0 aromatic carbocycles. The van der Waals surface area contributed by atoms with Crippen LogP contribution in [0.4, 0.5) is 11.5 Å². The number of nitriles is 1. The molecule has 0 radical (unpaired) electrons. The van der Waals surface area contributed by atoms with Gasteiger partial charge in [-0.3, -0.25) is 0 Å². The van der Waals surface area contributed by atoms with Crippen LogP contribution in [0.1, 0.15) is 37.3 Å². The second-order valence-electron chi connectivity index (χ2n) is 7.33. The molecule has 1 fully saturated rings. The number of hydrazine groups is 1. The van der Waals surface area contributed by atoms with Crippen molar-refractivity contribution in [2.75, 3.05) is 17.6 Å². The first-order chi connectivity index (χ1) is 14.5. The molecule has 0 bridgehead atoms. The van der Waals surface area contributed by atoms with Crippen LogP contribution in [0, 0.1) is 11.3 Å². The lowest BCUT2D eigenvalue weighted by atomic mass is 10.1. The van der Waals surface area contributed by atoms with Crippen LogP contribution < -0.4 is 22.6 Å². The molecule has 0 atom stereocenters. The molecule has 0 amide bonds. The normalized spacial score (nSPS) is 14.0. The third kappa shape index (κ3) is 3.83. The van der Waals surface area contributed by atoms with Crippen molar-refractivity contribution in [3.8, 4) is 11.9 Å². The van der Waals surface area contributed by atoms with Crippen molar-refractivity contribution in [3.05, 3.63) is 41.9 Å². The molecular formula is C20H24N10. The largest absolute Gasteiger partial charge is 0.397 e. The molecule has 3 heterocycles. The highest BCUT2D eigenvalue weighted by molar-refractivity contribution is 5.81. The highest BCUT2D eigenvalue weighted by Crippen LogP contribution is 2.30. The maximum atomic E-state index is 9.16. The molecule has 1 aliphatic carbocycles. The van der Waals surface area contributed by atoms with Crippen molar-refractivity contribution in [1.82, 2.24) is 24.8 Å². The fourth-order valence-electron chi connectivity index (χ4n) is 3.16. The number of aromatic nitrogens is 4. The third-order valence-electron chi connectivity index (χ3n) is 4.83. The van der Waals surface area contributed by atoms with Gasteiger partial charge in [-0.1, -0.05) is 6.92 Å². The number of nitrogens with one attached hydrogen (secondary N) is 1. The molecule has 1 saturated carbocycles. The highest BCUT2D eigenvalue weighted by atomic mass is 15.4. The van der Waals surface area contributed by atoms with Gasteiger partial charge in [0.15, 0.2) is 11.5 Å². The Morgan fingerprint density at radius 3 is 2.90 bits per heavy atom. The lowest BCUT2D eigenvalue weighted by molar-refractivity contribution is 0.394. The molecule has 10 nitrogen and oxygen atoms in total. The fraction of sp³-hybridized carbons (Fsp3) is 0.300. The fourth-order valence-corrected chi connectivity index (χ4v) is 3.16. The molecule has 0 saturated heterocycles. The van der Waals surface area contributed by atoms with E-state index in [0.717, 1.165) is 30.5 Å². The standard InChI is InChI=1S/C20H24N10/c1-2-5-29(24)11-16(22)15-10-25-18(7-17(15)27-14-3-4-14)30-20-13(9-26-30)6-12(8-21)19(23)28-20/h6-7,9-11,14H,2-5,22,24H2,1H3,(H2,23,28)(H,25,27)/b16-11-. The number of nitrogens with two attached hydrogens (primary N) is 3. The Hall–Kier alpha value is -3.84. The molecule has 0 aliphatic heterocycles. The first kappa shape index (κ1) is 19.5. The lowest BCUT2D eigenvalue weighted by Crippen LogP contribution is -2.27. The van der Waals surface area contributed by atoms with Crippen LogP contribution in [0.5, 0.6) is 0 Å². The van der Waals surface area contributed by atoms with E-state index in [1.54, 1.807) is 34.4 Å². The summed E-state index contributed by atoms with van der Waals surface area (Å²) in [7, 11) is 0. The van der Waals surface area contributed by atoms with Gasteiger partial charge in [0.2, 0.25) is 0 Å². The number of hydrogen-bond donors (Lipinski definition) is 4. The van der Waals surface area contributed by atoms with Gasteiger partial charge < -0.3 is 21.8 Å². The zero-order chi connectivity index (χ0) is 21.3. The average molecular weight is 404 g/mol. The Bertz CT molecular complexity index is 1150. The summed E-state index contributed by atoms with van der Waals surface area (Å²) in [5.41, 5.74) is 15.2. The minimum atomic E-state index is 0.158. The van der Waals surface area contributed by atoms with E-state index in [-0.39, 0.29) is 5.82 Å². The van der Waals surface area contributed by atoms with Crippen molar-refractivity contribution in [2.24, 2.45) is 11.6 Å². The zero-order valence-corrected chi connectivity index (χ0v) is 16.7. The maximum absolute atomic E-state index is 9.16. The van der Waals surface area contributed by atoms with Crippen molar-refractivity contribution < 1.29 is 0 Å². The summed E-state index contributed by atoms with van der Waals surface area (Å²) in [6.45, 7) is 2.75. The Morgan fingerprint density at radius 2 is 2.20 bits per heavy atom. The monoisotopic (exact) mass is 404 g/mol. The van der Waals surface area contributed by atoms with E-state index in [0.29, 0.717) is 40.7 Å². The van der Waals surface area contributed by atoms with Gasteiger partial charge >= 0.3 is 0 Å². The minimum Gasteiger partial charge on any atom is -0.397 e. The summed E-state index contributed by atoms with van der Waals surface area (Å²) in [6, 6.07) is 6.00. The molecule has 154 valence electrons. The van der Waals surface area contributed by atoms with E-state index in [1.807, 2.05) is 12.1 Å². The zero-order valence-electron chi connectivity index (χ0n) is 16.7. The number of nitrogen functional groups attached to an aromatic ring is 1. The van der Waals surface area contributed by atoms with Crippen LogP contribution in [-0.2, 0) is 0 Å². The van der Waals surface area contributed by atoms with Crippen LogP contribution in [0.25, 0.3) is 22.5 Å². The number of anilines is 2. The topological polar surface area (TPSA) is 161 Å². The van der Waals surface area contributed by atoms with Gasteiger partial charge in [-0.15, -0.1) is 0 Å². The van der Waals surface area contributed by atoms with E-state index in [1.165, 1.54) is 0 Å². The van der Waals surface area contributed by atoms with E-state index in [4.69, 9.17) is 22.6 Å². The molecule has 3 aromatic rings.